The third kappa shape index (κ3) is 3.31. The summed E-state index contributed by atoms with van der Waals surface area (Å²) >= 11 is 0. The Morgan fingerprint density at radius 3 is 2.68 bits per heavy atom. The van der Waals surface area contributed by atoms with Crippen LogP contribution in [0, 0.1) is 0 Å². The van der Waals surface area contributed by atoms with Gasteiger partial charge in [0.15, 0.2) is 0 Å². The van der Waals surface area contributed by atoms with Crippen LogP contribution in [0.3, 0.4) is 0 Å². The van der Waals surface area contributed by atoms with Gasteiger partial charge in [0.1, 0.15) is 12.0 Å². The molecule has 1 aliphatic rings. The largest absolute Gasteiger partial charge is 0.443 e. The molecule has 0 saturated heterocycles. The van der Waals surface area contributed by atoms with Crippen LogP contribution in [-0.2, 0) is 30.5 Å². The standard InChI is InChI=1S/C20H19N3O2/c21-19(24)11-14-6-4-13(5-7-14)10-15-12-18(20-22-8-9-25-20)23-17-3-1-2-16(15)17/h4-9,12H,1-3,10-11H2,(H2,21,24). The minimum atomic E-state index is -0.310. The van der Waals surface area contributed by atoms with E-state index in [1.807, 2.05) is 12.1 Å². The number of nitrogens with zero attached hydrogens (tertiary/aromatic N) is 2. The smallest absolute Gasteiger partial charge is 0.245 e. The predicted octanol–water partition coefficient (Wildman–Crippen LogP) is 2.84. The van der Waals surface area contributed by atoms with Gasteiger partial charge in [0, 0.05) is 5.69 Å². The molecule has 0 fully saturated rings. The Labute approximate surface area is 145 Å². The van der Waals surface area contributed by atoms with E-state index in [0.29, 0.717) is 5.89 Å². The summed E-state index contributed by atoms with van der Waals surface area (Å²) in [5.74, 6) is 0.253. The quantitative estimate of drug-likeness (QED) is 0.778. The van der Waals surface area contributed by atoms with Gasteiger partial charge in [0.05, 0.1) is 12.6 Å². The Kier molecular flexibility index (Phi) is 4.06. The number of aromatic nitrogens is 2. The first kappa shape index (κ1) is 15.6. The fourth-order valence-corrected chi connectivity index (χ4v) is 3.44. The molecule has 0 aliphatic heterocycles. The molecule has 0 spiro atoms. The van der Waals surface area contributed by atoms with Crippen molar-refractivity contribution < 1.29 is 9.21 Å². The van der Waals surface area contributed by atoms with E-state index in [-0.39, 0.29) is 12.3 Å². The monoisotopic (exact) mass is 333 g/mol. The highest BCUT2D eigenvalue weighted by molar-refractivity contribution is 5.76. The fourth-order valence-electron chi connectivity index (χ4n) is 3.44. The van der Waals surface area contributed by atoms with Gasteiger partial charge in [-0.2, -0.15) is 0 Å². The van der Waals surface area contributed by atoms with Crippen LogP contribution in [0.1, 0.15) is 34.4 Å². The average Bonchev–Trinajstić information content (AvgIpc) is 3.27. The number of aryl methyl sites for hydroxylation is 1. The van der Waals surface area contributed by atoms with Gasteiger partial charge in [-0.25, -0.2) is 9.97 Å². The minimum absolute atomic E-state index is 0.277. The fraction of sp³-hybridized carbons (Fsp3) is 0.250. The number of carbonyl (C=O) groups excluding carboxylic acids is 1. The minimum Gasteiger partial charge on any atom is -0.443 e. The van der Waals surface area contributed by atoms with E-state index in [2.05, 4.69) is 23.2 Å². The Morgan fingerprint density at radius 1 is 1.16 bits per heavy atom. The van der Waals surface area contributed by atoms with E-state index in [1.54, 1.807) is 12.5 Å². The number of benzene rings is 1. The van der Waals surface area contributed by atoms with Gasteiger partial charge in [-0.1, -0.05) is 24.3 Å². The summed E-state index contributed by atoms with van der Waals surface area (Å²) in [7, 11) is 0. The van der Waals surface area contributed by atoms with Gasteiger partial charge in [-0.15, -0.1) is 0 Å². The molecule has 0 radical (unpaired) electrons. The third-order valence-corrected chi connectivity index (χ3v) is 4.59. The van der Waals surface area contributed by atoms with Crippen molar-refractivity contribution in [2.75, 3.05) is 0 Å². The van der Waals surface area contributed by atoms with Crippen molar-refractivity contribution in [1.29, 1.82) is 0 Å². The highest BCUT2D eigenvalue weighted by atomic mass is 16.3. The zero-order valence-electron chi connectivity index (χ0n) is 13.9. The van der Waals surface area contributed by atoms with Crippen LogP contribution in [0.15, 0.2) is 47.2 Å². The summed E-state index contributed by atoms with van der Waals surface area (Å²) in [6.45, 7) is 0. The zero-order chi connectivity index (χ0) is 17.2. The van der Waals surface area contributed by atoms with Crippen molar-refractivity contribution in [3.05, 3.63) is 70.7 Å². The van der Waals surface area contributed by atoms with Crippen LogP contribution in [-0.4, -0.2) is 15.9 Å². The number of fused-ring (bicyclic) bond motifs is 1. The van der Waals surface area contributed by atoms with Crippen LogP contribution in [0.2, 0.25) is 0 Å². The third-order valence-electron chi connectivity index (χ3n) is 4.59. The number of primary amides is 1. The molecular formula is C20H19N3O2. The van der Waals surface area contributed by atoms with Gasteiger partial charge in [-0.05, 0) is 54.0 Å². The van der Waals surface area contributed by atoms with Crippen molar-refractivity contribution in [3.63, 3.8) is 0 Å². The lowest BCUT2D eigenvalue weighted by Gasteiger charge is -2.11. The number of pyridine rings is 1. The van der Waals surface area contributed by atoms with Crippen LogP contribution in [0.5, 0.6) is 0 Å². The summed E-state index contributed by atoms with van der Waals surface area (Å²) in [5, 5.41) is 0. The van der Waals surface area contributed by atoms with E-state index in [9.17, 15) is 4.79 Å². The molecular weight excluding hydrogens is 314 g/mol. The molecule has 0 saturated carbocycles. The molecule has 3 aromatic rings. The molecule has 4 rings (SSSR count). The first-order valence-electron chi connectivity index (χ1n) is 8.47. The summed E-state index contributed by atoms with van der Waals surface area (Å²) in [6.07, 6.45) is 7.54. The van der Waals surface area contributed by atoms with Gasteiger partial charge < -0.3 is 10.2 Å². The summed E-state index contributed by atoms with van der Waals surface area (Å²) in [5.41, 5.74) is 12.0. The Bertz CT molecular complexity index is 899. The number of hydrogen-bond donors (Lipinski definition) is 1. The molecule has 1 aliphatic carbocycles. The second kappa shape index (κ2) is 6.51. The van der Waals surface area contributed by atoms with Crippen molar-refractivity contribution in [2.24, 2.45) is 5.73 Å². The molecule has 25 heavy (non-hydrogen) atoms. The Morgan fingerprint density at radius 2 is 1.96 bits per heavy atom. The first-order chi connectivity index (χ1) is 12.2. The van der Waals surface area contributed by atoms with Crippen LogP contribution < -0.4 is 5.73 Å². The van der Waals surface area contributed by atoms with Gasteiger partial charge >= 0.3 is 0 Å². The molecule has 5 nitrogen and oxygen atoms in total. The molecule has 0 atom stereocenters. The number of rotatable bonds is 5. The zero-order valence-corrected chi connectivity index (χ0v) is 13.9. The average molecular weight is 333 g/mol. The topological polar surface area (TPSA) is 82.0 Å². The van der Waals surface area contributed by atoms with Gasteiger partial charge in [-0.3, -0.25) is 4.79 Å². The number of amides is 1. The molecule has 5 heteroatoms. The van der Waals surface area contributed by atoms with E-state index >= 15 is 0 Å². The lowest BCUT2D eigenvalue weighted by Crippen LogP contribution is -2.13. The van der Waals surface area contributed by atoms with Crippen molar-refractivity contribution in [3.8, 4) is 11.6 Å². The lowest BCUT2D eigenvalue weighted by molar-refractivity contribution is -0.117. The Hall–Kier alpha value is -2.95. The van der Waals surface area contributed by atoms with E-state index < -0.39 is 0 Å². The molecule has 1 aromatic carbocycles. The normalized spacial score (nSPS) is 13.0. The molecule has 2 heterocycles. The number of carbonyl (C=O) groups is 1. The maximum Gasteiger partial charge on any atom is 0.245 e. The highest BCUT2D eigenvalue weighted by Crippen LogP contribution is 2.29. The van der Waals surface area contributed by atoms with Gasteiger partial charge in [0.2, 0.25) is 11.8 Å². The van der Waals surface area contributed by atoms with Crippen LogP contribution in [0.25, 0.3) is 11.6 Å². The Balaban J connectivity index is 1.64. The van der Waals surface area contributed by atoms with Crippen molar-refractivity contribution in [2.45, 2.75) is 32.1 Å². The molecule has 2 aromatic heterocycles. The number of hydrogen-bond acceptors (Lipinski definition) is 4. The predicted molar refractivity (Wildman–Crippen MR) is 93.9 cm³/mol. The summed E-state index contributed by atoms with van der Waals surface area (Å²) in [4.78, 5) is 20.0. The lowest BCUT2D eigenvalue weighted by atomic mass is 9.97. The molecule has 126 valence electrons. The number of oxazole rings is 1. The van der Waals surface area contributed by atoms with Gasteiger partial charge in [0.25, 0.3) is 0 Å². The first-order valence-corrected chi connectivity index (χ1v) is 8.47. The summed E-state index contributed by atoms with van der Waals surface area (Å²) in [6, 6.07) is 10.1. The summed E-state index contributed by atoms with van der Waals surface area (Å²) < 4.78 is 5.42. The van der Waals surface area contributed by atoms with Crippen molar-refractivity contribution in [1.82, 2.24) is 9.97 Å². The highest BCUT2D eigenvalue weighted by Gasteiger charge is 2.19. The molecule has 0 bridgehead atoms. The molecule has 2 N–H and O–H groups in total. The molecule has 0 unspecified atom stereocenters. The second-order valence-electron chi connectivity index (χ2n) is 6.42. The maximum absolute atomic E-state index is 11.0. The van der Waals surface area contributed by atoms with Crippen LogP contribution >= 0.6 is 0 Å². The van der Waals surface area contributed by atoms with E-state index in [4.69, 9.17) is 15.1 Å². The van der Waals surface area contributed by atoms with Crippen LogP contribution in [0.4, 0.5) is 0 Å². The number of nitrogens with two attached hydrogens (primary N) is 1. The maximum atomic E-state index is 11.0. The SMILES string of the molecule is NC(=O)Cc1ccc(Cc2cc(-c3ncco3)nc3c2CCC3)cc1. The second-order valence-corrected chi connectivity index (χ2v) is 6.42. The van der Waals surface area contributed by atoms with E-state index in [0.717, 1.165) is 42.6 Å². The molecule has 1 amide bonds. The van der Waals surface area contributed by atoms with Crippen molar-refractivity contribution >= 4 is 5.91 Å². The van der Waals surface area contributed by atoms with E-state index in [1.165, 1.54) is 16.7 Å².